The number of nitrogens with zero attached hydrogens (tertiary/aromatic N) is 1. The van der Waals surface area contributed by atoms with E-state index in [1.807, 2.05) is 31.2 Å². The molecular weight excluding hydrogens is 214 g/mol. The van der Waals surface area contributed by atoms with E-state index in [9.17, 15) is 10.2 Å². The maximum atomic E-state index is 10.1. The third kappa shape index (κ3) is 2.70. The second kappa shape index (κ2) is 5.08. The zero-order valence-electron chi connectivity index (χ0n) is 9.62. The fourth-order valence-electron chi connectivity index (χ4n) is 1.75. The summed E-state index contributed by atoms with van der Waals surface area (Å²) >= 11 is 0. The van der Waals surface area contributed by atoms with Crippen molar-refractivity contribution in [3.05, 3.63) is 65.5 Å². The van der Waals surface area contributed by atoms with Gasteiger partial charge in [-0.25, -0.2) is 0 Å². The highest BCUT2D eigenvalue weighted by atomic mass is 16.3. The molecule has 2 N–H and O–H groups in total. The number of hydrogen-bond acceptors (Lipinski definition) is 3. The lowest BCUT2D eigenvalue weighted by atomic mass is 9.99. The molecule has 0 spiro atoms. The van der Waals surface area contributed by atoms with Gasteiger partial charge in [-0.3, -0.25) is 4.98 Å². The summed E-state index contributed by atoms with van der Waals surface area (Å²) < 4.78 is 0. The summed E-state index contributed by atoms with van der Waals surface area (Å²) in [4.78, 5) is 4.01. The Labute approximate surface area is 100 Å². The van der Waals surface area contributed by atoms with Gasteiger partial charge < -0.3 is 10.2 Å². The third-order valence-corrected chi connectivity index (χ3v) is 2.68. The van der Waals surface area contributed by atoms with Crippen LogP contribution in [0.1, 0.15) is 28.9 Å². The van der Waals surface area contributed by atoms with Crippen LogP contribution in [0.2, 0.25) is 0 Å². The van der Waals surface area contributed by atoms with E-state index in [1.165, 1.54) is 0 Å². The van der Waals surface area contributed by atoms with Crippen LogP contribution in [0.5, 0.6) is 0 Å². The van der Waals surface area contributed by atoms with E-state index >= 15 is 0 Å². The molecule has 2 atom stereocenters. The van der Waals surface area contributed by atoms with E-state index in [2.05, 4.69) is 4.98 Å². The minimum Gasteiger partial charge on any atom is -0.385 e. The predicted molar refractivity (Wildman–Crippen MR) is 65.3 cm³/mol. The number of hydrogen-bond donors (Lipinski definition) is 2. The average Bonchev–Trinajstić information content (AvgIpc) is 2.38. The summed E-state index contributed by atoms with van der Waals surface area (Å²) in [5.74, 6) is 0. The van der Waals surface area contributed by atoms with Crippen molar-refractivity contribution in [1.29, 1.82) is 0 Å². The van der Waals surface area contributed by atoms with Crippen LogP contribution < -0.4 is 0 Å². The molecule has 0 saturated carbocycles. The second-order valence-electron chi connectivity index (χ2n) is 4.10. The number of rotatable bonds is 3. The lowest BCUT2D eigenvalue weighted by Crippen LogP contribution is -2.10. The van der Waals surface area contributed by atoms with Gasteiger partial charge in [0.05, 0.1) is 0 Å². The lowest BCUT2D eigenvalue weighted by Gasteiger charge is -2.18. The molecular formula is C14H15NO2. The van der Waals surface area contributed by atoms with Gasteiger partial charge in [-0.1, -0.05) is 36.4 Å². The molecule has 2 aromatic rings. The van der Waals surface area contributed by atoms with Gasteiger partial charge in [0.15, 0.2) is 0 Å². The molecule has 3 heteroatoms. The Morgan fingerprint density at radius 3 is 2.24 bits per heavy atom. The van der Waals surface area contributed by atoms with Crippen molar-refractivity contribution in [3.63, 3.8) is 0 Å². The maximum Gasteiger partial charge on any atom is 0.111 e. The van der Waals surface area contributed by atoms with Crippen molar-refractivity contribution in [2.45, 2.75) is 19.1 Å². The van der Waals surface area contributed by atoms with Crippen molar-refractivity contribution in [2.24, 2.45) is 0 Å². The van der Waals surface area contributed by atoms with Crippen LogP contribution in [0.15, 0.2) is 48.8 Å². The third-order valence-electron chi connectivity index (χ3n) is 2.68. The lowest BCUT2D eigenvalue weighted by molar-refractivity contribution is 0.0170. The Kier molecular flexibility index (Phi) is 3.52. The smallest absolute Gasteiger partial charge is 0.111 e. The molecule has 1 aromatic heterocycles. The summed E-state index contributed by atoms with van der Waals surface area (Å²) in [7, 11) is 0. The van der Waals surface area contributed by atoms with E-state index in [-0.39, 0.29) is 0 Å². The van der Waals surface area contributed by atoms with Crippen LogP contribution in [0, 0.1) is 6.92 Å². The first-order valence-corrected chi connectivity index (χ1v) is 5.51. The van der Waals surface area contributed by atoms with Crippen molar-refractivity contribution >= 4 is 0 Å². The van der Waals surface area contributed by atoms with E-state index in [4.69, 9.17) is 0 Å². The molecule has 3 nitrogen and oxygen atoms in total. The van der Waals surface area contributed by atoms with E-state index in [0.717, 1.165) is 5.56 Å². The molecule has 0 radical (unpaired) electrons. The SMILES string of the molecule is Cc1cncc(C(O)C(O)c2ccccc2)c1. The van der Waals surface area contributed by atoms with Crippen molar-refractivity contribution < 1.29 is 10.2 Å². The molecule has 0 aliphatic carbocycles. The highest BCUT2D eigenvalue weighted by Gasteiger charge is 2.20. The molecule has 17 heavy (non-hydrogen) atoms. The first-order chi connectivity index (χ1) is 8.18. The van der Waals surface area contributed by atoms with Gasteiger partial charge in [0.25, 0.3) is 0 Å². The topological polar surface area (TPSA) is 53.4 Å². The zero-order chi connectivity index (χ0) is 12.3. The van der Waals surface area contributed by atoms with Gasteiger partial charge in [-0.2, -0.15) is 0 Å². The summed E-state index contributed by atoms with van der Waals surface area (Å²) in [5.41, 5.74) is 2.28. The van der Waals surface area contributed by atoms with Crippen LogP contribution in [0.4, 0.5) is 0 Å². The van der Waals surface area contributed by atoms with Crippen LogP contribution >= 0.6 is 0 Å². The Bertz CT molecular complexity index is 485. The second-order valence-corrected chi connectivity index (χ2v) is 4.10. The predicted octanol–water partition coefficient (Wildman–Crippen LogP) is 2.16. The van der Waals surface area contributed by atoms with Crippen LogP contribution in [0.25, 0.3) is 0 Å². The van der Waals surface area contributed by atoms with Gasteiger partial charge in [0.1, 0.15) is 12.2 Å². The summed E-state index contributed by atoms with van der Waals surface area (Å²) in [6, 6.07) is 10.9. The molecule has 2 unspecified atom stereocenters. The number of pyridine rings is 1. The number of aromatic nitrogens is 1. The van der Waals surface area contributed by atoms with Crippen molar-refractivity contribution in [1.82, 2.24) is 4.98 Å². The van der Waals surface area contributed by atoms with Crippen molar-refractivity contribution in [3.8, 4) is 0 Å². The van der Waals surface area contributed by atoms with E-state index < -0.39 is 12.2 Å². The molecule has 0 amide bonds. The van der Waals surface area contributed by atoms with Gasteiger partial charge in [-0.15, -0.1) is 0 Å². The van der Waals surface area contributed by atoms with Crippen molar-refractivity contribution in [2.75, 3.05) is 0 Å². The summed E-state index contributed by atoms with van der Waals surface area (Å²) in [6.45, 7) is 1.90. The molecule has 0 aliphatic heterocycles. The molecule has 1 aromatic carbocycles. The molecule has 0 fully saturated rings. The van der Waals surface area contributed by atoms with Gasteiger partial charge >= 0.3 is 0 Å². The highest BCUT2D eigenvalue weighted by molar-refractivity contribution is 5.25. The van der Waals surface area contributed by atoms with Crippen LogP contribution in [0.3, 0.4) is 0 Å². The number of benzene rings is 1. The Morgan fingerprint density at radius 1 is 0.941 bits per heavy atom. The molecule has 88 valence electrons. The Hall–Kier alpha value is -1.71. The summed E-state index contributed by atoms with van der Waals surface area (Å²) in [5, 5.41) is 20.1. The zero-order valence-corrected chi connectivity index (χ0v) is 9.62. The van der Waals surface area contributed by atoms with Gasteiger partial charge in [0, 0.05) is 18.0 Å². The molecule has 0 saturated heterocycles. The Morgan fingerprint density at radius 2 is 1.59 bits per heavy atom. The maximum absolute atomic E-state index is 10.1. The minimum absolute atomic E-state index is 0.626. The first kappa shape index (κ1) is 11.8. The fraction of sp³-hybridized carbons (Fsp3) is 0.214. The monoisotopic (exact) mass is 229 g/mol. The molecule has 1 heterocycles. The van der Waals surface area contributed by atoms with Gasteiger partial charge in [-0.05, 0) is 18.1 Å². The van der Waals surface area contributed by atoms with Crippen LogP contribution in [-0.4, -0.2) is 15.2 Å². The van der Waals surface area contributed by atoms with Gasteiger partial charge in [0.2, 0.25) is 0 Å². The summed E-state index contributed by atoms with van der Waals surface area (Å²) in [6.07, 6.45) is 1.40. The molecule has 0 aliphatic rings. The fourth-order valence-corrected chi connectivity index (χ4v) is 1.75. The first-order valence-electron chi connectivity index (χ1n) is 5.51. The van der Waals surface area contributed by atoms with E-state index in [1.54, 1.807) is 24.5 Å². The van der Waals surface area contributed by atoms with E-state index in [0.29, 0.717) is 11.1 Å². The normalized spacial score (nSPS) is 14.3. The Balaban J connectivity index is 2.23. The largest absolute Gasteiger partial charge is 0.385 e. The minimum atomic E-state index is -0.954. The quantitative estimate of drug-likeness (QED) is 0.848. The molecule has 2 rings (SSSR count). The number of aryl methyl sites for hydroxylation is 1. The standard InChI is InChI=1S/C14H15NO2/c1-10-7-12(9-15-8-10)14(17)13(16)11-5-3-2-4-6-11/h2-9,13-14,16-17H,1H3. The average molecular weight is 229 g/mol. The molecule has 0 bridgehead atoms. The number of aliphatic hydroxyl groups is 2. The highest BCUT2D eigenvalue weighted by Crippen LogP contribution is 2.28. The van der Waals surface area contributed by atoms with Crippen LogP contribution in [-0.2, 0) is 0 Å². The number of aliphatic hydroxyl groups excluding tert-OH is 2.